The van der Waals surface area contributed by atoms with Gasteiger partial charge in [0.15, 0.2) is 0 Å². The molecule has 5 heteroatoms. The second kappa shape index (κ2) is 4.81. The molecule has 13 heavy (non-hydrogen) atoms. The van der Waals surface area contributed by atoms with E-state index in [2.05, 4.69) is 5.32 Å². The maximum absolute atomic E-state index is 11.1. The van der Waals surface area contributed by atoms with Crippen molar-refractivity contribution in [1.29, 1.82) is 0 Å². The van der Waals surface area contributed by atoms with Gasteiger partial charge in [-0.1, -0.05) is 13.8 Å². The molecular formula is C8H17N3O2. The van der Waals surface area contributed by atoms with Gasteiger partial charge in [-0.2, -0.15) is 0 Å². The normalized spacial score (nSPS) is 15.2. The highest BCUT2D eigenvalue weighted by Crippen LogP contribution is 2.00. The predicted molar refractivity (Wildman–Crippen MR) is 49.6 cm³/mol. The van der Waals surface area contributed by atoms with Gasteiger partial charge >= 0.3 is 0 Å². The molecule has 5 nitrogen and oxygen atoms in total. The number of hydrogen-bond donors (Lipinski definition) is 3. The molecule has 0 saturated heterocycles. The van der Waals surface area contributed by atoms with E-state index in [0.717, 1.165) is 0 Å². The largest absolute Gasteiger partial charge is 0.368 e. The maximum atomic E-state index is 11.1. The van der Waals surface area contributed by atoms with E-state index in [0.29, 0.717) is 0 Å². The molecule has 76 valence electrons. The quantitative estimate of drug-likeness (QED) is 0.524. The number of primary amides is 1. The van der Waals surface area contributed by atoms with Gasteiger partial charge in [-0.25, -0.2) is 0 Å². The first kappa shape index (κ1) is 11.9. The summed E-state index contributed by atoms with van der Waals surface area (Å²) in [7, 11) is 0. The Morgan fingerprint density at radius 1 is 1.23 bits per heavy atom. The lowest BCUT2D eigenvalue weighted by Crippen LogP contribution is -2.51. The van der Waals surface area contributed by atoms with Crippen LogP contribution < -0.4 is 16.8 Å². The van der Waals surface area contributed by atoms with Gasteiger partial charge in [-0.15, -0.1) is 0 Å². The van der Waals surface area contributed by atoms with Crippen molar-refractivity contribution in [2.45, 2.75) is 32.9 Å². The fourth-order valence-electron chi connectivity index (χ4n) is 0.851. The molecule has 0 heterocycles. The summed E-state index contributed by atoms with van der Waals surface area (Å²) in [6.45, 7) is 5.15. The Bertz CT molecular complexity index is 202. The van der Waals surface area contributed by atoms with Gasteiger partial charge < -0.3 is 16.8 Å². The highest BCUT2D eigenvalue weighted by molar-refractivity contribution is 5.88. The van der Waals surface area contributed by atoms with Crippen molar-refractivity contribution >= 4 is 11.8 Å². The van der Waals surface area contributed by atoms with Gasteiger partial charge in [-0.3, -0.25) is 9.59 Å². The summed E-state index contributed by atoms with van der Waals surface area (Å²) in [5.74, 6) is -0.929. The van der Waals surface area contributed by atoms with E-state index in [4.69, 9.17) is 11.5 Å². The van der Waals surface area contributed by atoms with E-state index in [1.165, 1.54) is 0 Å². The van der Waals surface area contributed by atoms with E-state index in [1.807, 2.05) is 0 Å². The average molecular weight is 187 g/mol. The Balaban J connectivity index is 4.27. The highest BCUT2D eigenvalue weighted by atomic mass is 16.2. The van der Waals surface area contributed by atoms with Crippen molar-refractivity contribution in [2.24, 2.45) is 17.4 Å². The summed E-state index contributed by atoms with van der Waals surface area (Å²) in [6.07, 6.45) is 0. The van der Waals surface area contributed by atoms with Crippen LogP contribution in [0.15, 0.2) is 0 Å². The van der Waals surface area contributed by atoms with Crippen molar-refractivity contribution in [1.82, 2.24) is 5.32 Å². The molecule has 0 aromatic carbocycles. The topological polar surface area (TPSA) is 98.2 Å². The lowest BCUT2D eigenvalue weighted by atomic mass is 10.0. The van der Waals surface area contributed by atoms with Gasteiger partial charge in [0.2, 0.25) is 11.8 Å². The maximum Gasteiger partial charge on any atom is 0.240 e. The third-order valence-electron chi connectivity index (χ3n) is 1.68. The van der Waals surface area contributed by atoms with Crippen LogP contribution in [0.2, 0.25) is 0 Å². The molecule has 0 aromatic heterocycles. The zero-order valence-corrected chi connectivity index (χ0v) is 8.20. The number of nitrogens with two attached hydrogens (primary N) is 2. The van der Waals surface area contributed by atoms with Crippen molar-refractivity contribution in [3.8, 4) is 0 Å². The molecule has 0 radical (unpaired) electrons. The lowest BCUT2D eigenvalue weighted by molar-refractivity contribution is -0.128. The second-order valence-electron chi connectivity index (χ2n) is 3.42. The Morgan fingerprint density at radius 3 is 1.92 bits per heavy atom. The number of carbonyl (C=O) groups excluding carboxylic acids is 2. The van der Waals surface area contributed by atoms with Gasteiger partial charge in [0.25, 0.3) is 0 Å². The van der Waals surface area contributed by atoms with Crippen LogP contribution in [-0.4, -0.2) is 23.9 Å². The minimum absolute atomic E-state index is 0.0276. The van der Waals surface area contributed by atoms with Gasteiger partial charge in [0.05, 0.1) is 6.04 Å². The lowest BCUT2D eigenvalue weighted by Gasteiger charge is -2.19. The summed E-state index contributed by atoms with van der Waals surface area (Å²) in [5.41, 5.74) is 10.4. The molecular weight excluding hydrogens is 170 g/mol. The molecule has 0 saturated carbocycles. The second-order valence-corrected chi connectivity index (χ2v) is 3.42. The molecule has 0 aliphatic carbocycles. The zero-order chi connectivity index (χ0) is 10.6. The average Bonchev–Trinajstić information content (AvgIpc) is 1.97. The molecule has 0 aromatic rings. The molecule has 0 bridgehead atoms. The molecule has 0 unspecified atom stereocenters. The monoisotopic (exact) mass is 187 g/mol. The highest BCUT2D eigenvalue weighted by Gasteiger charge is 2.22. The zero-order valence-electron chi connectivity index (χ0n) is 8.20. The van der Waals surface area contributed by atoms with E-state index in [-0.39, 0.29) is 11.8 Å². The molecule has 0 aliphatic rings. The van der Waals surface area contributed by atoms with Crippen LogP contribution >= 0.6 is 0 Å². The fourth-order valence-corrected chi connectivity index (χ4v) is 0.851. The first-order valence-corrected chi connectivity index (χ1v) is 4.21. The number of rotatable bonds is 4. The molecule has 0 fully saturated rings. The van der Waals surface area contributed by atoms with Crippen LogP contribution in [0.25, 0.3) is 0 Å². The van der Waals surface area contributed by atoms with Gasteiger partial charge in [-0.05, 0) is 12.8 Å². The summed E-state index contributed by atoms with van der Waals surface area (Å²) >= 11 is 0. The first-order chi connectivity index (χ1) is 5.86. The molecule has 0 spiro atoms. The molecule has 0 rings (SSSR count). The first-order valence-electron chi connectivity index (χ1n) is 4.21. The third-order valence-corrected chi connectivity index (χ3v) is 1.68. The molecule has 5 N–H and O–H groups in total. The van der Waals surface area contributed by atoms with E-state index in [9.17, 15) is 9.59 Å². The number of carbonyl (C=O) groups is 2. The van der Waals surface area contributed by atoms with Gasteiger partial charge in [0, 0.05) is 0 Å². The fraction of sp³-hybridized carbons (Fsp3) is 0.750. The van der Waals surface area contributed by atoms with E-state index >= 15 is 0 Å². The molecule has 2 atom stereocenters. The Hall–Kier alpha value is -1.10. The Morgan fingerprint density at radius 2 is 1.69 bits per heavy atom. The smallest absolute Gasteiger partial charge is 0.240 e. The number of nitrogens with one attached hydrogen (secondary N) is 1. The van der Waals surface area contributed by atoms with Crippen LogP contribution in [0.1, 0.15) is 20.8 Å². The third kappa shape index (κ3) is 3.89. The SMILES string of the molecule is CC(C)[C@H](NC(=O)[C@@H](C)N)C(N)=O. The predicted octanol–water partition coefficient (Wildman–Crippen LogP) is -1.04. The Labute approximate surface area is 77.8 Å². The van der Waals surface area contributed by atoms with E-state index in [1.54, 1.807) is 20.8 Å². The molecule has 2 amide bonds. The number of hydrogen-bond acceptors (Lipinski definition) is 3. The summed E-state index contributed by atoms with van der Waals surface area (Å²) in [5, 5.41) is 2.48. The van der Waals surface area contributed by atoms with Crippen LogP contribution in [0.5, 0.6) is 0 Å². The molecule has 0 aliphatic heterocycles. The van der Waals surface area contributed by atoms with Crippen molar-refractivity contribution < 1.29 is 9.59 Å². The van der Waals surface area contributed by atoms with Crippen LogP contribution in [0.4, 0.5) is 0 Å². The van der Waals surface area contributed by atoms with Crippen LogP contribution in [0, 0.1) is 5.92 Å². The standard InChI is InChI=1S/C8H17N3O2/c1-4(2)6(7(10)12)11-8(13)5(3)9/h4-6H,9H2,1-3H3,(H2,10,12)(H,11,13)/t5-,6+/m1/s1. The minimum atomic E-state index is -0.640. The van der Waals surface area contributed by atoms with Gasteiger partial charge in [0.1, 0.15) is 6.04 Å². The Kier molecular flexibility index (Phi) is 4.40. The van der Waals surface area contributed by atoms with Crippen molar-refractivity contribution in [3.63, 3.8) is 0 Å². The van der Waals surface area contributed by atoms with Crippen LogP contribution in [0.3, 0.4) is 0 Å². The number of amides is 2. The van der Waals surface area contributed by atoms with Crippen molar-refractivity contribution in [2.75, 3.05) is 0 Å². The van der Waals surface area contributed by atoms with Crippen LogP contribution in [-0.2, 0) is 9.59 Å². The summed E-state index contributed by atoms with van der Waals surface area (Å²) in [4.78, 5) is 22.0. The van der Waals surface area contributed by atoms with E-state index < -0.39 is 18.0 Å². The minimum Gasteiger partial charge on any atom is -0.368 e. The summed E-state index contributed by atoms with van der Waals surface area (Å²) in [6, 6.07) is -1.26. The summed E-state index contributed by atoms with van der Waals surface area (Å²) < 4.78 is 0. The van der Waals surface area contributed by atoms with Crippen molar-refractivity contribution in [3.05, 3.63) is 0 Å².